The molecule has 7 nitrogen and oxygen atoms in total. The van der Waals surface area contributed by atoms with Crippen LogP contribution in [0.3, 0.4) is 0 Å². The average Bonchev–Trinajstić information content (AvgIpc) is 2.68. The maximum atomic E-state index is 12.7. The Labute approximate surface area is 176 Å². The summed E-state index contributed by atoms with van der Waals surface area (Å²) in [5, 5.41) is 5.76. The highest BCUT2D eigenvalue weighted by molar-refractivity contribution is 5.91. The smallest absolute Gasteiger partial charge is 0.317 e. The number of nitrogens with zero attached hydrogens (tertiary/aromatic N) is 2. The van der Waals surface area contributed by atoms with E-state index in [-0.39, 0.29) is 42.3 Å². The Hall–Kier alpha value is -3.09. The molecule has 1 aromatic carbocycles. The molecule has 30 heavy (non-hydrogen) atoms. The zero-order valence-electron chi connectivity index (χ0n) is 17.5. The summed E-state index contributed by atoms with van der Waals surface area (Å²) in [6, 6.07) is 11.1. The third-order valence-electron chi connectivity index (χ3n) is 5.90. The standard InChI is InChI=1S/C23H28N4O3/c1-15-8-16(2)10-19(9-15)25-21(28)6-7-24-23(30)26-12-17-11-18(14-26)20-4-3-5-22(29)27(20)13-17/h3-5,8-10,17-18H,6-7,11-14H2,1-2H3,(H,24,30)(H,25,28)/t17-,18+/m0/s1. The van der Waals surface area contributed by atoms with Crippen LogP contribution < -0.4 is 16.2 Å². The van der Waals surface area contributed by atoms with E-state index in [9.17, 15) is 14.4 Å². The third kappa shape index (κ3) is 4.40. The molecule has 1 fully saturated rings. The minimum absolute atomic E-state index is 0.0370. The molecule has 0 spiro atoms. The summed E-state index contributed by atoms with van der Waals surface area (Å²) in [6.45, 7) is 6.17. The van der Waals surface area contributed by atoms with Crippen LogP contribution in [0, 0.1) is 19.8 Å². The normalized spacial score (nSPS) is 19.7. The first-order valence-electron chi connectivity index (χ1n) is 10.5. The number of aromatic nitrogens is 1. The van der Waals surface area contributed by atoms with Gasteiger partial charge in [0.05, 0.1) is 0 Å². The van der Waals surface area contributed by atoms with Crippen LogP contribution in [-0.2, 0) is 11.3 Å². The lowest BCUT2D eigenvalue weighted by Gasteiger charge is -2.42. The first kappa shape index (κ1) is 20.2. The van der Waals surface area contributed by atoms with Crippen LogP contribution in [0.25, 0.3) is 0 Å². The van der Waals surface area contributed by atoms with Gasteiger partial charge in [0.25, 0.3) is 5.56 Å². The number of amides is 3. The van der Waals surface area contributed by atoms with Gasteiger partial charge in [-0.25, -0.2) is 4.79 Å². The van der Waals surface area contributed by atoms with E-state index in [2.05, 4.69) is 16.7 Å². The number of hydrogen-bond acceptors (Lipinski definition) is 3. The van der Waals surface area contributed by atoms with E-state index in [1.54, 1.807) is 12.1 Å². The SMILES string of the molecule is Cc1cc(C)cc(NC(=O)CCNC(=O)N2C[C@@H]3C[C@H](C2)c2cccc(=O)n2C3)c1. The average molecular weight is 409 g/mol. The molecule has 0 unspecified atom stereocenters. The summed E-state index contributed by atoms with van der Waals surface area (Å²) < 4.78 is 1.85. The lowest BCUT2D eigenvalue weighted by atomic mass is 9.83. The summed E-state index contributed by atoms with van der Waals surface area (Å²) in [5.41, 5.74) is 4.02. The van der Waals surface area contributed by atoms with Gasteiger partial charge in [0.1, 0.15) is 0 Å². The fourth-order valence-corrected chi connectivity index (χ4v) is 4.73. The molecule has 0 aliphatic carbocycles. The molecule has 4 rings (SSSR count). The van der Waals surface area contributed by atoms with Crippen molar-refractivity contribution < 1.29 is 9.59 Å². The Balaban J connectivity index is 1.29. The van der Waals surface area contributed by atoms with E-state index >= 15 is 0 Å². The highest BCUT2D eigenvalue weighted by atomic mass is 16.2. The van der Waals surface area contributed by atoms with Crippen LogP contribution in [0.2, 0.25) is 0 Å². The first-order chi connectivity index (χ1) is 14.4. The molecule has 0 saturated carbocycles. The second-order valence-corrected chi connectivity index (χ2v) is 8.51. The maximum absolute atomic E-state index is 12.7. The number of benzene rings is 1. The number of carbonyl (C=O) groups excluding carboxylic acids is 2. The van der Waals surface area contributed by atoms with Gasteiger partial charge in [-0.15, -0.1) is 0 Å². The van der Waals surface area contributed by atoms with E-state index in [0.717, 1.165) is 28.9 Å². The van der Waals surface area contributed by atoms with Gasteiger partial charge in [0, 0.05) is 56.0 Å². The second kappa shape index (κ2) is 8.34. The quantitative estimate of drug-likeness (QED) is 0.816. The molecule has 2 N–H and O–H groups in total. The van der Waals surface area contributed by atoms with Gasteiger partial charge >= 0.3 is 6.03 Å². The number of hydrogen-bond donors (Lipinski definition) is 2. The van der Waals surface area contributed by atoms with Gasteiger partial charge in [-0.2, -0.15) is 0 Å². The fourth-order valence-electron chi connectivity index (χ4n) is 4.73. The van der Waals surface area contributed by atoms with Crippen LogP contribution in [0.5, 0.6) is 0 Å². The summed E-state index contributed by atoms with van der Waals surface area (Å²) >= 11 is 0. The molecule has 158 valence electrons. The Morgan fingerprint density at radius 2 is 1.83 bits per heavy atom. The number of anilines is 1. The molecule has 1 saturated heterocycles. The molecule has 7 heteroatoms. The minimum atomic E-state index is -0.143. The van der Waals surface area contributed by atoms with Crippen molar-refractivity contribution in [3.05, 3.63) is 63.6 Å². The van der Waals surface area contributed by atoms with E-state index < -0.39 is 0 Å². The summed E-state index contributed by atoms with van der Waals surface area (Å²) in [6.07, 6.45) is 1.23. The molecule has 2 bridgehead atoms. The molecule has 3 heterocycles. The number of urea groups is 1. The highest BCUT2D eigenvalue weighted by Gasteiger charge is 2.36. The van der Waals surface area contributed by atoms with E-state index in [1.165, 1.54) is 0 Å². The number of piperidine rings is 1. The number of pyridine rings is 1. The number of rotatable bonds is 4. The van der Waals surface area contributed by atoms with Crippen LogP contribution in [0.1, 0.15) is 35.6 Å². The van der Waals surface area contributed by atoms with Gasteiger partial charge in [-0.1, -0.05) is 12.1 Å². The van der Waals surface area contributed by atoms with Crippen molar-refractivity contribution in [3.63, 3.8) is 0 Å². The van der Waals surface area contributed by atoms with Crippen molar-refractivity contribution >= 4 is 17.6 Å². The molecule has 2 aliphatic rings. The summed E-state index contributed by atoms with van der Waals surface area (Å²) in [4.78, 5) is 38.8. The van der Waals surface area contributed by atoms with E-state index in [4.69, 9.17) is 0 Å². The Morgan fingerprint density at radius 1 is 1.07 bits per heavy atom. The zero-order valence-corrected chi connectivity index (χ0v) is 17.5. The van der Waals surface area contributed by atoms with Crippen molar-refractivity contribution in [2.24, 2.45) is 5.92 Å². The Bertz CT molecular complexity index is 1010. The zero-order chi connectivity index (χ0) is 21.3. The number of aryl methyl sites for hydroxylation is 2. The van der Waals surface area contributed by atoms with E-state index in [0.29, 0.717) is 19.6 Å². The van der Waals surface area contributed by atoms with Crippen molar-refractivity contribution in [2.75, 3.05) is 25.0 Å². The highest BCUT2D eigenvalue weighted by Crippen LogP contribution is 2.34. The molecular formula is C23H28N4O3. The topological polar surface area (TPSA) is 83.4 Å². The van der Waals surface area contributed by atoms with Crippen LogP contribution in [0.15, 0.2) is 41.2 Å². The van der Waals surface area contributed by atoms with Crippen LogP contribution in [-0.4, -0.2) is 41.0 Å². The summed E-state index contributed by atoms with van der Waals surface area (Å²) in [7, 11) is 0. The molecule has 2 aliphatic heterocycles. The largest absolute Gasteiger partial charge is 0.337 e. The van der Waals surface area contributed by atoms with E-state index in [1.807, 2.05) is 41.5 Å². The van der Waals surface area contributed by atoms with Gasteiger partial charge in [0.2, 0.25) is 5.91 Å². The molecule has 2 atom stereocenters. The number of carbonyl (C=O) groups is 2. The fraction of sp³-hybridized carbons (Fsp3) is 0.435. The van der Waals surface area contributed by atoms with Gasteiger partial charge in [-0.05, 0) is 55.5 Å². The van der Waals surface area contributed by atoms with Gasteiger partial charge < -0.3 is 20.1 Å². The van der Waals surface area contributed by atoms with Crippen LogP contribution in [0.4, 0.5) is 10.5 Å². The predicted octanol–water partition coefficient (Wildman–Crippen LogP) is 2.62. The molecule has 2 aromatic rings. The summed E-state index contributed by atoms with van der Waals surface area (Å²) in [5.74, 6) is 0.351. The third-order valence-corrected chi connectivity index (χ3v) is 5.90. The second-order valence-electron chi connectivity index (χ2n) is 8.51. The maximum Gasteiger partial charge on any atom is 0.317 e. The molecule has 1 aromatic heterocycles. The molecule has 3 amide bonds. The Morgan fingerprint density at radius 3 is 2.60 bits per heavy atom. The Kier molecular flexibility index (Phi) is 5.61. The lowest BCUT2D eigenvalue weighted by Crippen LogP contribution is -2.52. The number of fused-ring (bicyclic) bond motifs is 4. The number of likely N-dealkylation sites (tertiary alicyclic amines) is 1. The van der Waals surface area contributed by atoms with Gasteiger partial charge in [0.15, 0.2) is 0 Å². The van der Waals surface area contributed by atoms with Crippen molar-refractivity contribution in [1.29, 1.82) is 0 Å². The molecular weight excluding hydrogens is 380 g/mol. The monoisotopic (exact) mass is 408 g/mol. The lowest BCUT2D eigenvalue weighted by molar-refractivity contribution is -0.116. The number of nitrogens with one attached hydrogen (secondary N) is 2. The van der Waals surface area contributed by atoms with Crippen molar-refractivity contribution in [2.45, 2.75) is 39.2 Å². The predicted molar refractivity (Wildman–Crippen MR) is 116 cm³/mol. The van der Waals surface area contributed by atoms with Crippen molar-refractivity contribution in [1.82, 2.24) is 14.8 Å². The van der Waals surface area contributed by atoms with Crippen molar-refractivity contribution in [3.8, 4) is 0 Å². The van der Waals surface area contributed by atoms with Gasteiger partial charge in [-0.3, -0.25) is 9.59 Å². The first-order valence-corrected chi connectivity index (χ1v) is 10.5. The minimum Gasteiger partial charge on any atom is -0.337 e. The molecule has 0 radical (unpaired) electrons. The van der Waals surface area contributed by atoms with Crippen LogP contribution >= 0.6 is 0 Å².